The monoisotopic (exact) mass is 292 g/mol. The van der Waals surface area contributed by atoms with Gasteiger partial charge in [0, 0.05) is 14.0 Å². The summed E-state index contributed by atoms with van der Waals surface area (Å²) in [6.45, 7) is 1.75. The number of hydrogen-bond acceptors (Lipinski definition) is 4. The Morgan fingerprint density at radius 3 is 2.57 bits per heavy atom. The van der Waals surface area contributed by atoms with Crippen LogP contribution in [-0.4, -0.2) is 26.0 Å². The molecule has 0 amide bonds. The fourth-order valence-electron chi connectivity index (χ4n) is 2.93. The Bertz CT molecular complexity index is 441. The van der Waals surface area contributed by atoms with E-state index in [1.165, 1.54) is 18.9 Å². The van der Waals surface area contributed by atoms with Crippen molar-refractivity contribution in [3.05, 3.63) is 29.8 Å². The van der Waals surface area contributed by atoms with Crippen LogP contribution in [0, 0.1) is 5.92 Å². The van der Waals surface area contributed by atoms with Crippen LogP contribution in [0.25, 0.3) is 0 Å². The van der Waals surface area contributed by atoms with Crippen LogP contribution in [0.5, 0.6) is 5.75 Å². The summed E-state index contributed by atoms with van der Waals surface area (Å²) in [5.74, 6) is 1.06. The second-order valence-corrected chi connectivity index (χ2v) is 5.59. The number of hydrogen-bond donors (Lipinski definition) is 0. The van der Waals surface area contributed by atoms with E-state index >= 15 is 0 Å². The van der Waals surface area contributed by atoms with E-state index in [0.29, 0.717) is 5.92 Å². The van der Waals surface area contributed by atoms with Gasteiger partial charge in [-0.3, -0.25) is 4.79 Å². The summed E-state index contributed by atoms with van der Waals surface area (Å²) in [7, 11) is 1.60. The van der Waals surface area contributed by atoms with Gasteiger partial charge in [0.05, 0.1) is 0 Å². The van der Waals surface area contributed by atoms with Gasteiger partial charge in [0.2, 0.25) is 0 Å². The van der Waals surface area contributed by atoms with Crippen molar-refractivity contribution >= 4 is 5.97 Å². The molecule has 1 fully saturated rings. The molecule has 1 saturated carbocycles. The lowest BCUT2D eigenvalue weighted by atomic mass is 9.82. The topological polar surface area (TPSA) is 44.8 Å². The molecular formula is C17H24O4. The first-order valence-electron chi connectivity index (χ1n) is 7.57. The van der Waals surface area contributed by atoms with Crippen LogP contribution in [0.3, 0.4) is 0 Å². The fourth-order valence-corrected chi connectivity index (χ4v) is 2.93. The lowest BCUT2D eigenvalue weighted by Gasteiger charge is -2.31. The highest BCUT2D eigenvalue weighted by Crippen LogP contribution is 2.30. The van der Waals surface area contributed by atoms with E-state index in [1.807, 2.05) is 12.1 Å². The van der Waals surface area contributed by atoms with Crippen molar-refractivity contribution in [1.82, 2.24) is 0 Å². The van der Waals surface area contributed by atoms with Crippen molar-refractivity contribution in [2.75, 3.05) is 13.9 Å². The molecule has 2 rings (SSSR count). The number of methoxy groups -OCH3 is 1. The Morgan fingerprint density at radius 1 is 1.19 bits per heavy atom. The number of carbonyl (C=O) groups excluding carboxylic acids is 1. The van der Waals surface area contributed by atoms with Gasteiger partial charge in [0.25, 0.3) is 0 Å². The zero-order chi connectivity index (χ0) is 15.1. The quantitative estimate of drug-likeness (QED) is 0.596. The summed E-state index contributed by atoms with van der Waals surface area (Å²) < 4.78 is 15.7. The van der Waals surface area contributed by atoms with Crippen LogP contribution >= 0.6 is 0 Å². The molecule has 1 aliphatic rings. The molecule has 0 unspecified atom stereocenters. The maximum atomic E-state index is 11.2. The zero-order valence-corrected chi connectivity index (χ0v) is 12.8. The average Bonchev–Trinajstić information content (AvgIpc) is 2.48. The van der Waals surface area contributed by atoms with Gasteiger partial charge < -0.3 is 14.2 Å². The second kappa shape index (κ2) is 8.03. The summed E-state index contributed by atoms with van der Waals surface area (Å²) in [6.07, 6.45) is 5.50. The van der Waals surface area contributed by atoms with Gasteiger partial charge >= 0.3 is 5.97 Å². The summed E-state index contributed by atoms with van der Waals surface area (Å²) in [4.78, 5) is 11.2. The van der Waals surface area contributed by atoms with Crippen molar-refractivity contribution in [3.63, 3.8) is 0 Å². The third kappa shape index (κ3) is 5.05. The van der Waals surface area contributed by atoms with Gasteiger partial charge in [0.15, 0.2) is 6.79 Å². The van der Waals surface area contributed by atoms with E-state index < -0.39 is 0 Å². The van der Waals surface area contributed by atoms with Crippen molar-refractivity contribution in [3.8, 4) is 5.75 Å². The van der Waals surface area contributed by atoms with Crippen molar-refractivity contribution in [2.45, 2.75) is 45.1 Å². The van der Waals surface area contributed by atoms with E-state index in [-0.39, 0.29) is 18.9 Å². The molecule has 1 aromatic carbocycles. The number of esters is 1. The van der Waals surface area contributed by atoms with E-state index in [0.717, 1.165) is 31.4 Å². The van der Waals surface area contributed by atoms with E-state index in [4.69, 9.17) is 14.2 Å². The van der Waals surface area contributed by atoms with Crippen LogP contribution in [0.15, 0.2) is 24.3 Å². The second-order valence-electron chi connectivity index (χ2n) is 5.59. The average molecular weight is 292 g/mol. The maximum absolute atomic E-state index is 11.2. The highest BCUT2D eigenvalue weighted by molar-refractivity contribution is 5.66. The largest absolute Gasteiger partial charge is 0.468 e. The van der Waals surface area contributed by atoms with Gasteiger partial charge in [-0.05, 0) is 49.3 Å². The number of ether oxygens (including phenoxy) is 3. The Balaban J connectivity index is 1.93. The van der Waals surface area contributed by atoms with Gasteiger partial charge in [-0.15, -0.1) is 0 Å². The molecule has 0 spiro atoms. The van der Waals surface area contributed by atoms with Gasteiger partial charge in [-0.1, -0.05) is 18.6 Å². The normalized spacial score (nSPS) is 21.8. The number of carbonyl (C=O) groups is 1. The molecule has 4 heteroatoms. The Labute approximate surface area is 126 Å². The third-order valence-corrected chi connectivity index (χ3v) is 3.92. The predicted octanol–water partition coefficient (Wildman–Crippen LogP) is 3.33. The summed E-state index contributed by atoms with van der Waals surface area (Å²) in [6, 6.07) is 8.06. The molecule has 1 aliphatic carbocycles. The van der Waals surface area contributed by atoms with Crippen LogP contribution in [-0.2, 0) is 20.7 Å². The lowest BCUT2D eigenvalue weighted by Crippen LogP contribution is -2.30. The Kier molecular flexibility index (Phi) is 6.05. The summed E-state index contributed by atoms with van der Waals surface area (Å²) >= 11 is 0. The lowest BCUT2D eigenvalue weighted by molar-refractivity contribution is -0.150. The highest BCUT2D eigenvalue weighted by atomic mass is 16.7. The standard InChI is InChI=1S/C17H24O4/c1-13(18)21-17-6-4-3-5-15(17)11-14-7-9-16(10-8-14)20-12-19-2/h7-10,15,17H,3-6,11-12H2,1-2H3/t15-,17+/m0/s1. The molecule has 0 saturated heterocycles. The molecule has 4 nitrogen and oxygen atoms in total. The van der Waals surface area contributed by atoms with Crippen LogP contribution in [0.2, 0.25) is 0 Å². The molecule has 0 aliphatic heterocycles. The number of rotatable bonds is 6. The Hall–Kier alpha value is -1.55. The van der Waals surface area contributed by atoms with E-state index in [2.05, 4.69) is 12.1 Å². The molecule has 116 valence electrons. The van der Waals surface area contributed by atoms with Crippen molar-refractivity contribution in [1.29, 1.82) is 0 Å². The smallest absolute Gasteiger partial charge is 0.302 e. The molecule has 0 N–H and O–H groups in total. The van der Waals surface area contributed by atoms with E-state index in [9.17, 15) is 4.79 Å². The van der Waals surface area contributed by atoms with Gasteiger partial charge in [0.1, 0.15) is 11.9 Å². The predicted molar refractivity (Wildman–Crippen MR) is 80.2 cm³/mol. The molecule has 0 radical (unpaired) electrons. The van der Waals surface area contributed by atoms with E-state index in [1.54, 1.807) is 7.11 Å². The minimum atomic E-state index is -0.171. The summed E-state index contributed by atoms with van der Waals surface area (Å²) in [5.41, 5.74) is 1.25. The van der Waals surface area contributed by atoms with Crippen molar-refractivity contribution < 1.29 is 19.0 Å². The minimum absolute atomic E-state index is 0.0701. The molecule has 2 atom stereocenters. The highest BCUT2D eigenvalue weighted by Gasteiger charge is 2.27. The zero-order valence-electron chi connectivity index (χ0n) is 12.8. The van der Waals surface area contributed by atoms with Gasteiger partial charge in [-0.2, -0.15) is 0 Å². The maximum Gasteiger partial charge on any atom is 0.302 e. The first-order chi connectivity index (χ1) is 10.2. The number of benzene rings is 1. The third-order valence-electron chi connectivity index (χ3n) is 3.92. The molecule has 0 heterocycles. The molecule has 0 bridgehead atoms. The van der Waals surface area contributed by atoms with Gasteiger partial charge in [-0.25, -0.2) is 0 Å². The van der Waals surface area contributed by atoms with Crippen LogP contribution < -0.4 is 4.74 Å². The van der Waals surface area contributed by atoms with Crippen molar-refractivity contribution in [2.24, 2.45) is 5.92 Å². The van der Waals surface area contributed by atoms with Crippen LogP contribution in [0.4, 0.5) is 0 Å². The molecular weight excluding hydrogens is 268 g/mol. The first kappa shape index (κ1) is 15.8. The molecule has 1 aromatic rings. The fraction of sp³-hybridized carbons (Fsp3) is 0.588. The summed E-state index contributed by atoms with van der Waals surface area (Å²) in [5, 5.41) is 0. The molecule has 21 heavy (non-hydrogen) atoms. The Morgan fingerprint density at radius 2 is 1.90 bits per heavy atom. The molecule has 0 aromatic heterocycles. The SMILES string of the molecule is COCOc1ccc(C[C@@H]2CCCC[C@H]2OC(C)=O)cc1. The minimum Gasteiger partial charge on any atom is -0.468 e. The van der Waals surface area contributed by atoms with Crippen LogP contribution in [0.1, 0.15) is 38.2 Å². The first-order valence-corrected chi connectivity index (χ1v) is 7.57.